The van der Waals surface area contributed by atoms with Gasteiger partial charge in [0.05, 0.1) is 0 Å². The van der Waals surface area contributed by atoms with Crippen molar-refractivity contribution in [2.45, 2.75) is 20.0 Å². The van der Waals surface area contributed by atoms with Gasteiger partial charge in [-0.05, 0) is 31.5 Å². The van der Waals surface area contributed by atoms with Gasteiger partial charge >= 0.3 is 0 Å². The summed E-state index contributed by atoms with van der Waals surface area (Å²) in [6.07, 6.45) is -0.582. The molecule has 1 aromatic carbocycles. The molecule has 70 valence electrons. The third-order valence-corrected chi connectivity index (χ3v) is 1.70. The second-order valence-electron chi connectivity index (χ2n) is 2.98. The zero-order chi connectivity index (χ0) is 9.84. The molecular formula is C10H13NO2. The van der Waals surface area contributed by atoms with E-state index in [9.17, 15) is 4.79 Å². The van der Waals surface area contributed by atoms with Crippen LogP contribution in [-0.4, -0.2) is 12.0 Å². The van der Waals surface area contributed by atoms with Gasteiger partial charge in [0, 0.05) is 0 Å². The number of hydrogen-bond acceptors (Lipinski definition) is 2. The highest BCUT2D eigenvalue weighted by molar-refractivity contribution is 5.78. The number of hydrogen-bond donors (Lipinski definition) is 1. The predicted octanol–water partition coefficient (Wildman–Crippen LogP) is 1.25. The van der Waals surface area contributed by atoms with Crippen LogP contribution in [0.3, 0.4) is 0 Å². The Labute approximate surface area is 77.5 Å². The fraction of sp³-hybridized carbons (Fsp3) is 0.300. The molecule has 0 fully saturated rings. The average molecular weight is 179 g/mol. The molecule has 13 heavy (non-hydrogen) atoms. The smallest absolute Gasteiger partial charge is 0.258 e. The van der Waals surface area contributed by atoms with Crippen molar-refractivity contribution in [3.8, 4) is 5.75 Å². The maximum absolute atomic E-state index is 10.7. The molecule has 0 aromatic heterocycles. The molecule has 0 bridgehead atoms. The van der Waals surface area contributed by atoms with E-state index >= 15 is 0 Å². The van der Waals surface area contributed by atoms with Gasteiger partial charge in [0.2, 0.25) is 0 Å². The number of amides is 1. The first-order chi connectivity index (χ1) is 6.09. The highest BCUT2D eigenvalue weighted by Crippen LogP contribution is 2.13. The van der Waals surface area contributed by atoms with Crippen LogP contribution in [0.1, 0.15) is 12.5 Å². The minimum atomic E-state index is -0.582. The van der Waals surface area contributed by atoms with Gasteiger partial charge in [0.1, 0.15) is 5.75 Å². The normalized spacial score (nSPS) is 12.2. The zero-order valence-corrected chi connectivity index (χ0v) is 7.78. The number of carbonyl (C=O) groups is 1. The SMILES string of the molecule is Cc1cccc(O[C@H](C)C(N)=O)c1. The lowest BCUT2D eigenvalue weighted by Gasteiger charge is -2.11. The first-order valence-electron chi connectivity index (χ1n) is 4.12. The maximum Gasteiger partial charge on any atom is 0.258 e. The molecule has 0 radical (unpaired) electrons. The molecule has 0 heterocycles. The Hall–Kier alpha value is -1.51. The van der Waals surface area contributed by atoms with E-state index in [0.29, 0.717) is 5.75 Å². The van der Waals surface area contributed by atoms with Crippen LogP contribution in [0.2, 0.25) is 0 Å². The van der Waals surface area contributed by atoms with Gasteiger partial charge in [-0.3, -0.25) is 4.79 Å². The number of carbonyl (C=O) groups excluding carboxylic acids is 1. The quantitative estimate of drug-likeness (QED) is 0.759. The Morgan fingerprint density at radius 2 is 2.23 bits per heavy atom. The predicted molar refractivity (Wildman–Crippen MR) is 50.5 cm³/mol. The number of benzene rings is 1. The van der Waals surface area contributed by atoms with Crippen molar-refractivity contribution in [2.24, 2.45) is 5.73 Å². The fourth-order valence-corrected chi connectivity index (χ4v) is 0.951. The summed E-state index contributed by atoms with van der Waals surface area (Å²) in [5.74, 6) is 0.216. The van der Waals surface area contributed by atoms with E-state index < -0.39 is 12.0 Å². The lowest BCUT2D eigenvalue weighted by Crippen LogP contribution is -2.30. The minimum absolute atomic E-state index is 0.457. The molecule has 2 N–H and O–H groups in total. The lowest BCUT2D eigenvalue weighted by atomic mass is 10.2. The van der Waals surface area contributed by atoms with Gasteiger partial charge in [0.25, 0.3) is 5.91 Å². The van der Waals surface area contributed by atoms with E-state index in [2.05, 4.69) is 0 Å². The van der Waals surface area contributed by atoms with Crippen molar-refractivity contribution in [1.29, 1.82) is 0 Å². The van der Waals surface area contributed by atoms with Crippen molar-refractivity contribution in [1.82, 2.24) is 0 Å². The van der Waals surface area contributed by atoms with Gasteiger partial charge < -0.3 is 10.5 Å². The first kappa shape index (κ1) is 9.58. The molecule has 0 saturated heterocycles. The summed E-state index contributed by atoms with van der Waals surface area (Å²) >= 11 is 0. The van der Waals surface area contributed by atoms with Gasteiger partial charge in [-0.25, -0.2) is 0 Å². The summed E-state index contributed by atoms with van der Waals surface area (Å²) in [4.78, 5) is 10.7. The van der Waals surface area contributed by atoms with Crippen LogP contribution in [0.15, 0.2) is 24.3 Å². The van der Waals surface area contributed by atoms with Gasteiger partial charge in [-0.1, -0.05) is 12.1 Å². The Balaban J connectivity index is 2.69. The highest BCUT2D eigenvalue weighted by Gasteiger charge is 2.09. The summed E-state index contributed by atoms with van der Waals surface area (Å²) in [6.45, 7) is 3.59. The molecule has 1 aromatic rings. The Morgan fingerprint density at radius 3 is 2.77 bits per heavy atom. The molecule has 0 aliphatic carbocycles. The van der Waals surface area contributed by atoms with Crippen molar-refractivity contribution < 1.29 is 9.53 Å². The fourth-order valence-electron chi connectivity index (χ4n) is 0.951. The van der Waals surface area contributed by atoms with E-state index in [-0.39, 0.29) is 0 Å². The van der Waals surface area contributed by atoms with Crippen LogP contribution in [0.25, 0.3) is 0 Å². The van der Waals surface area contributed by atoms with E-state index in [1.807, 2.05) is 25.1 Å². The van der Waals surface area contributed by atoms with E-state index in [4.69, 9.17) is 10.5 Å². The van der Waals surface area contributed by atoms with Crippen LogP contribution in [-0.2, 0) is 4.79 Å². The van der Waals surface area contributed by atoms with E-state index in [1.165, 1.54) is 0 Å². The minimum Gasteiger partial charge on any atom is -0.481 e. The second kappa shape index (κ2) is 3.94. The highest BCUT2D eigenvalue weighted by atomic mass is 16.5. The van der Waals surface area contributed by atoms with Crippen molar-refractivity contribution in [3.63, 3.8) is 0 Å². The Bertz CT molecular complexity index is 310. The first-order valence-corrected chi connectivity index (χ1v) is 4.12. The summed E-state index contributed by atoms with van der Waals surface area (Å²) in [6, 6.07) is 7.49. The molecule has 0 aliphatic heterocycles. The summed E-state index contributed by atoms with van der Waals surface area (Å²) < 4.78 is 5.28. The number of primary amides is 1. The molecule has 1 atom stereocenters. The third kappa shape index (κ3) is 2.78. The second-order valence-corrected chi connectivity index (χ2v) is 2.98. The number of rotatable bonds is 3. The monoisotopic (exact) mass is 179 g/mol. The molecule has 0 saturated carbocycles. The number of aryl methyl sites for hydroxylation is 1. The maximum atomic E-state index is 10.7. The van der Waals surface area contributed by atoms with Crippen molar-refractivity contribution in [2.75, 3.05) is 0 Å². The molecule has 1 amide bonds. The van der Waals surface area contributed by atoms with Crippen LogP contribution in [0.5, 0.6) is 5.75 Å². The Kier molecular flexibility index (Phi) is 2.90. The standard InChI is InChI=1S/C10H13NO2/c1-7-4-3-5-9(6-7)13-8(2)10(11)12/h3-6,8H,1-2H3,(H2,11,12)/t8-/m1/s1. The molecule has 1 rings (SSSR count). The summed E-state index contributed by atoms with van der Waals surface area (Å²) in [5.41, 5.74) is 6.15. The van der Waals surface area contributed by atoms with Gasteiger partial charge in [-0.15, -0.1) is 0 Å². The van der Waals surface area contributed by atoms with E-state index in [0.717, 1.165) is 5.56 Å². The number of nitrogens with two attached hydrogens (primary N) is 1. The molecule has 0 unspecified atom stereocenters. The van der Waals surface area contributed by atoms with Gasteiger partial charge in [-0.2, -0.15) is 0 Å². The van der Waals surface area contributed by atoms with Crippen LogP contribution >= 0.6 is 0 Å². The summed E-state index contributed by atoms with van der Waals surface area (Å²) in [5, 5.41) is 0. The van der Waals surface area contributed by atoms with Crippen LogP contribution < -0.4 is 10.5 Å². The Morgan fingerprint density at radius 1 is 1.54 bits per heavy atom. The number of ether oxygens (including phenoxy) is 1. The zero-order valence-electron chi connectivity index (χ0n) is 7.78. The topological polar surface area (TPSA) is 52.3 Å². The molecule has 3 nitrogen and oxygen atoms in total. The van der Waals surface area contributed by atoms with Crippen LogP contribution in [0, 0.1) is 6.92 Å². The molecular weight excluding hydrogens is 166 g/mol. The summed E-state index contributed by atoms with van der Waals surface area (Å²) in [7, 11) is 0. The largest absolute Gasteiger partial charge is 0.481 e. The van der Waals surface area contributed by atoms with Crippen molar-refractivity contribution >= 4 is 5.91 Å². The lowest BCUT2D eigenvalue weighted by molar-refractivity contribution is -0.123. The van der Waals surface area contributed by atoms with E-state index in [1.54, 1.807) is 13.0 Å². The average Bonchev–Trinajstić information content (AvgIpc) is 2.04. The van der Waals surface area contributed by atoms with Crippen LogP contribution in [0.4, 0.5) is 0 Å². The molecule has 3 heteroatoms. The third-order valence-electron chi connectivity index (χ3n) is 1.70. The van der Waals surface area contributed by atoms with Crippen molar-refractivity contribution in [3.05, 3.63) is 29.8 Å². The van der Waals surface area contributed by atoms with Gasteiger partial charge in [0.15, 0.2) is 6.10 Å². The molecule has 0 aliphatic rings. The molecule has 0 spiro atoms.